The number of hydrogen-bond acceptors (Lipinski definition) is 2. The maximum atomic E-state index is 4.12. The highest BCUT2D eigenvalue weighted by atomic mass is 15.0. The summed E-state index contributed by atoms with van der Waals surface area (Å²) in [7, 11) is 0. The summed E-state index contributed by atoms with van der Waals surface area (Å²) in [4.78, 5) is 8.08. The van der Waals surface area contributed by atoms with E-state index in [1.807, 2.05) is 37.6 Å². The Balaban J connectivity index is 0.000000336. The van der Waals surface area contributed by atoms with Crippen molar-refractivity contribution in [2.24, 2.45) is 0 Å². The average Bonchev–Trinajstić information content (AvgIpc) is 2.53. The molecule has 0 aromatic carbocycles. The van der Waals surface area contributed by atoms with E-state index in [9.17, 15) is 0 Å². The van der Waals surface area contributed by atoms with Gasteiger partial charge in [-0.2, -0.15) is 0 Å². The Hall–Kier alpha value is -1.38. The molecule has 2 heterocycles. The number of nitrogens with zero attached hydrogens (tertiary/aromatic N) is 3. The lowest BCUT2D eigenvalue weighted by atomic mass is 10.6. The summed E-state index contributed by atoms with van der Waals surface area (Å²) < 4.78 is 1.99. The van der Waals surface area contributed by atoms with E-state index >= 15 is 0 Å². The normalized spacial score (nSPS) is 9.25. The van der Waals surface area contributed by atoms with Gasteiger partial charge in [0.25, 0.3) is 0 Å². The highest BCUT2D eigenvalue weighted by Crippen LogP contribution is 2.01. The van der Waals surface area contributed by atoms with Crippen LogP contribution >= 0.6 is 0 Å². The zero-order chi connectivity index (χ0) is 8.97. The fourth-order valence-corrected chi connectivity index (χ4v) is 0.985. The second kappa shape index (κ2) is 3.85. The summed E-state index contributed by atoms with van der Waals surface area (Å²) in [5, 5.41) is 0. The van der Waals surface area contributed by atoms with Crippen LogP contribution in [0.15, 0.2) is 24.8 Å². The van der Waals surface area contributed by atoms with Crippen molar-refractivity contribution in [3.05, 3.63) is 30.6 Å². The van der Waals surface area contributed by atoms with E-state index in [0.717, 1.165) is 11.3 Å². The van der Waals surface area contributed by atoms with Crippen LogP contribution in [0.25, 0.3) is 5.52 Å². The molecule has 0 unspecified atom stereocenters. The number of rotatable bonds is 0. The lowest BCUT2D eigenvalue weighted by Gasteiger charge is -1.91. The monoisotopic (exact) mass is 163 g/mol. The third-order valence-electron chi connectivity index (χ3n) is 1.52. The zero-order valence-electron chi connectivity index (χ0n) is 7.65. The minimum atomic E-state index is 0.998. The first-order valence-electron chi connectivity index (χ1n) is 4.11. The number of imidazole rings is 1. The van der Waals surface area contributed by atoms with Gasteiger partial charge in [-0.3, -0.25) is 4.98 Å². The molecular formula is C9H13N3. The van der Waals surface area contributed by atoms with E-state index in [2.05, 4.69) is 9.97 Å². The molecular weight excluding hydrogens is 150 g/mol. The van der Waals surface area contributed by atoms with Crippen LogP contribution < -0.4 is 0 Å². The zero-order valence-corrected chi connectivity index (χ0v) is 7.65. The molecule has 12 heavy (non-hydrogen) atoms. The van der Waals surface area contributed by atoms with E-state index in [1.54, 1.807) is 12.4 Å². The number of fused-ring (bicyclic) bond motifs is 1. The number of hydrogen-bond donors (Lipinski definition) is 0. The lowest BCUT2D eigenvalue weighted by Crippen LogP contribution is -1.86. The van der Waals surface area contributed by atoms with Crippen molar-refractivity contribution in [2.75, 3.05) is 0 Å². The van der Waals surface area contributed by atoms with Crippen LogP contribution in [-0.2, 0) is 0 Å². The largest absolute Gasteiger partial charge is 0.301 e. The Morgan fingerprint density at radius 2 is 2.00 bits per heavy atom. The Labute approximate surface area is 72.1 Å². The van der Waals surface area contributed by atoms with Crippen LogP contribution in [-0.4, -0.2) is 14.4 Å². The maximum Gasteiger partial charge on any atom is 0.110 e. The summed E-state index contributed by atoms with van der Waals surface area (Å²) in [6.45, 7) is 5.97. The minimum Gasteiger partial charge on any atom is -0.301 e. The van der Waals surface area contributed by atoms with Crippen LogP contribution in [0.5, 0.6) is 0 Å². The predicted octanol–water partition coefficient (Wildman–Crippen LogP) is 2.06. The summed E-state index contributed by atoms with van der Waals surface area (Å²) in [5.74, 6) is 0.998. The second-order valence-corrected chi connectivity index (χ2v) is 2.18. The van der Waals surface area contributed by atoms with Gasteiger partial charge < -0.3 is 4.40 Å². The topological polar surface area (TPSA) is 30.2 Å². The van der Waals surface area contributed by atoms with Gasteiger partial charge in [0.15, 0.2) is 0 Å². The van der Waals surface area contributed by atoms with E-state index in [1.165, 1.54) is 0 Å². The van der Waals surface area contributed by atoms with Crippen LogP contribution in [0.3, 0.4) is 0 Å². The summed E-state index contributed by atoms with van der Waals surface area (Å²) in [6, 6.07) is 0. The van der Waals surface area contributed by atoms with Crippen molar-refractivity contribution in [3.63, 3.8) is 0 Å². The van der Waals surface area contributed by atoms with E-state index in [0.29, 0.717) is 0 Å². The number of aromatic nitrogens is 3. The summed E-state index contributed by atoms with van der Waals surface area (Å²) in [5.41, 5.74) is 1.04. The average molecular weight is 163 g/mol. The first-order valence-corrected chi connectivity index (χ1v) is 4.11. The van der Waals surface area contributed by atoms with Gasteiger partial charge in [-0.25, -0.2) is 4.98 Å². The molecule has 0 amide bonds. The van der Waals surface area contributed by atoms with Crippen molar-refractivity contribution < 1.29 is 0 Å². The predicted molar refractivity (Wildman–Crippen MR) is 49.1 cm³/mol. The quantitative estimate of drug-likeness (QED) is 0.595. The molecule has 0 aliphatic carbocycles. The lowest BCUT2D eigenvalue weighted by molar-refractivity contribution is 1.03. The molecule has 3 nitrogen and oxygen atoms in total. The second-order valence-electron chi connectivity index (χ2n) is 2.18. The highest BCUT2D eigenvalue weighted by molar-refractivity contribution is 5.42. The van der Waals surface area contributed by atoms with Gasteiger partial charge in [-0.15, -0.1) is 0 Å². The summed E-state index contributed by atoms with van der Waals surface area (Å²) in [6.07, 6.45) is 7.25. The van der Waals surface area contributed by atoms with E-state index < -0.39 is 0 Å². The molecule has 0 N–H and O–H groups in total. The molecule has 2 aromatic heterocycles. The van der Waals surface area contributed by atoms with Crippen LogP contribution in [0, 0.1) is 6.92 Å². The maximum absolute atomic E-state index is 4.12. The van der Waals surface area contributed by atoms with Gasteiger partial charge in [0.1, 0.15) is 5.82 Å². The van der Waals surface area contributed by atoms with Crippen molar-refractivity contribution in [1.29, 1.82) is 0 Å². The number of aryl methyl sites for hydroxylation is 1. The molecule has 0 spiro atoms. The molecule has 2 rings (SSSR count). The Bertz CT molecular complexity index is 351. The van der Waals surface area contributed by atoms with Gasteiger partial charge >= 0.3 is 0 Å². The molecule has 3 heteroatoms. The summed E-state index contributed by atoms with van der Waals surface area (Å²) >= 11 is 0. The molecule has 0 bridgehead atoms. The van der Waals surface area contributed by atoms with Gasteiger partial charge in [0.2, 0.25) is 0 Å². The Kier molecular flexibility index (Phi) is 2.80. The van der Waals surface area contributed by atoms with Crippen LogP contribution in [0.2, 0.25) is 0 Å². The first-order chi connectivity index (χ1) is 5.88. The molecule has 64 valence electrons. The Morgan fingerprint density at radius 3 is 2.67 bits per heavy atom. The molecule has 0 aliphatic rings. The molecule has 2 aromatic rings. The molecule has 0 radical (unpaired) electrons. The van der Waals surface area contributed by atoms with Crippen LogP contribution in [0.1, 0.15) is 19.7 Å². The molecule has 0 aliphatic heterocycles. The van der Waals surface area contributed by atoms with Gasteiger partial charge in [-0.05, 0) is 6.92 Å². The van der Waals surface area contributed by atoms with Crippen molar-refractivity contribution >= 4 is 5.52 Å². The third-order valence-corrected chi connectivity index (χ3v) is 1.52. The third kappa shape index (κ3) is 1.44. The van der Waals surface area contributed by atoms with E-state index in [4.69, 9.17) is 0 Å². The highest BCUT2D eigenvalue weighted by Gasteiger charge is 1.94. The first kappa shape index (κ1) is 8.71. The minimum absolute atomic E-state index is 0.998. The molecule has 0 fully saturated rings. The standard InChI is InChI=1S/C7H7N3.C2H6/c1-6-9-5-7-4-8-2-3-10(6)7;1-2/h2-5H,1H3;1-2H3. The van der Waals surface area contributed by atoms with Gasteiger partial charge in [0, 0.05) is 12.4 Å². The SMILES string of the molecule is CC.Cc1ncc2cnccn12. The fraction of sp³-hybridized carbons (Fsp3) is 0.333. The van der Waals surface area contributed by atoms with Crippen molar-refractivity contribution in [1.82, 2.24) is 14.4 Å². The molecule has 0 saturated carbocycles. The Morgan fingerprint density at radius 1 is 1.25 bits per heavy atom. The molecule has 0 atom stereocenters. The molecule has 0 saturated heterocycles. The smallest absolute Gasteiger partial charge is 0.110 e. The van der Waals surface area contributed by atoms with Gasteiger partial charge in [0.05, 0.1) is 17.9 Å². The fourth-order valence-electron chi connectivity index (χ4n) is 0.985. The van der Waals surface area contributed by atoms with Crippen molar-refractivity contribution in [2.45, 2.75) is 20.8 Å². The van der Waals surface area contributed by atoms with Gasteiger partial charge in [-0.1, -0.05) is 13.8 Å². The van der Waals surface area contributed by atoms with E-state index in [-0.39, 0.29) is 0 Å². The van der Waals surface area contributed by atoms with Crippen molar-refractivity contribution in [3.8, 4) is 0 Å². The van der Waals surface area contributed by atoms with Crippen LogP contribution in [0.4, 0.5) is 0 Å².